The normalized spacial score (nSPS) is 50.8. The number of hydrogen-bond acceptors (Lipinski definition) is 6. The van der Waals surface area contributed by atoms with Crippen LogP contribution in [-0.2, 0) is 9.47 Å². The van der Waals surface area contributed by atoms with Crippen LogP contribution in [0.2, 0.25) is 0 Å². The van der Waals surface area contributed by atoms with Gasteiger partial charge in [-0.05, 0) is 0 Å². The maximum atomic E-state index is 9.39. The monoisotopic (exact) mass is 197 g/mol. The van der Waals surface area contributed by atoms with Gasteiger partial charge in [-0.1, -0.05) is 0 Å². The number of rotatable bonds is 2. The molecule has 1 aliphatic rings. The lowest BCUT2D eigenvalue weighted by Crippen LogP contribution is -2.58. The molecule has 78 valence electrons. The van der Waals surface area contributed by atoms with Crippen molar-refractivity contribution in [2.24, 2.45) is 0 Å². The molecule has 0 aromatic carbocycles. The minimum absolute atomic E-state index is 0.633. The first-order valence-electron chi connectivity index (χ1n) is 5.24. The fourth-order valence-corrected chi connectivity index (χ4v) is 1.16. The second-order valence-corrected chi connectivity index (χ2v) is 2.82. The van der Waals surface area contributed by atoms with Crippen LogP contribution in [0, 0.1) is 0 Å². The molecule has 1 rings (SSSR count). The zero-order valence-electron chi connectivity index (χ0n) is 9.70. The van der Waals surface area contributed by atoms with E-state index in [2.05, 4.69) is 4.74 Å². The summed E-state index contributed by atoms with van der Waals surface area (Å²) in [7, 11) is -2.81. The summed E-state index contributed by atoms with van der Waals surface area (Å²) in [6.45, 7) is -0.633. The SMILES string of the molecule is [2H]C([2H])([2H])OC1O[C@H](CO)[C@@H](O)[C@H](O)[C@H]1O. The Morgan fingerprint density at radius 1 is 1.31 bits per heavy atom. The van der Waals surface area contributed by atoms with Gasteiger partial charge in [0, 0.05) is 7.04 Å². The van der Waals surface area contributed by atoms with Crippen LogP contribution >= 0.6 is 0 Å². The molecule has 5 atom stereocenters. The number of aliphatic hydroxyl groups is 4. The standard InChI is InChI=1S/C7H14O6/c1-12-7-6(11)5(10)4(9)3(2-8)13-7/h3-11H,2H2,1H3/t3-,4-,5+,6-,7?/m1/s1/i1D3. The summed E-state index contributed by atoms with van der Waals surface area (Å²) < 4.78 is 29.6. The minimum Gasteiger partial charge on any atom is -0.394 e. The van der Waals surface area contributed by atoms with E-state index in [0.29, 0.717) is 0 Å². The van der Waals surface area contributed by atoms with Crippen LogP contribution in [0.1, 0.15) is 4.11 Å². The third kappa shape index (κ3) is 1.98. The quantitative estimate of drug-likeness (QED) is 0.388. The second kappa shape index (κ2) is 4.32. The van der Waals surface area contributed by atoms with Crippen molar-refractivity contribution in [3.05, 3.63) is 0 Å². The van der Waals surface area contributed by atoms with Gasteiger partial charge in [0.1, 0.15) is 24.4 Å². The molecule has 1 saturated heterocycles. The first-order valence-corrected chi connectivity index (χ1v) is 3.74. The highest BCUT2D eigenvalue weighted by Gasteiger charge is 2.43. The third-order valence-corrected chi connectivity index (χ3v) is 1.96. The average Bonchev–Trinajstić information content (AvgIpc) is 2.17. The van der Waals surface area contributed by atoms with Crippen LogP contribution in [0.4, 0.5) is 0 Å². The molecule has 1 heterocycles. The fourth-order valence-electron chi connectivity index (χ4n) is 1.16. The van der Waals surface area contributed by atoms with E-state index in [1.165, 1.54) is 0 Å². The topological polar surface area (TPSA) is 99.4 Å². The molecule has 0 saturated carbocycles. The molecule has 0 radical (unpaired) electrons. The Morgan fingerprint density at radius 3 is 2.54 bits per heavy atom. The number of hydrogen-bond donors (Lipinski definition) is 4. The van der Waals surface area contributed by atoms with Gasteiger partial charge in [0.25, 0.3) is 0 Å². The van der Waals surface area contributed by atoms with E-state index in [1.807, 2.05) is 0 Å². The highest BCUT2D eigenvalue weighted by Crippen LogP contribution is 2.20. The predicted molar refractivity (Wildman–Crippen MR) is 40.8 cm³/mol. The molecule has 1 aliphatic heterocycles. The van der Waals surface area contributed by atoms with Gasteiger partial charge in [-0.2, -0.15) is 0 Å². The molecule has 0 spiro atoms. The Balaban J connectivity index is 2.71. The van der Waals surface area contributed by atoms with Gasteiger partial charge in [-0.3, -0.25) is 0 Å². The molecule has 6 nitrogen and oxygen atoms in total. The van der Waals surface area contributed by atoms with Crippen molar-refractivity contribution in [1.82, 2.24) is 0 Å². The van der Waals surface area contributed by atoms with Crippen molar-refractivity contribution in [2.75, 3.05) is 13.6 Å². The summed E-state index contributed by atoms with van der Waals surface area (Å²) in [4.78, 5) is 0. The molecular formula is C7H14O6. The summed E-state index contributed by atoms with van der Waals surface area (Å²) in [5.74, 6) is 0. The minimum atomic E-state index is -2.81. The summed E-state index contributed by atoms with van der Waals surface area (Å²) >= 11 is 0. The van der Waals surface area contributed by atoms with Crippen LogP contribution in [0.3, 0.4) is 0 Å². The lowest BCUT2D eigenvalue weighted by atomic mass is 9.99. The maximum absolute atomic E-state index is 9.39. The lowest BCUT2D eigenvalue weighted by Gasteiger charge is -2.38. The highest BCUT2D eigenvalue weighted by molar-refractivity contribution is 4.88. The van der Waals surface area contributed by atoms with Crippen LogP contribution in [0.25, 0.3) is 0 Å². The maximum Gasteiger partial charge on any atom is 0.186 e. The Morgan fingerprint density at radius 2 is 2.00 bits per heavy atom. The summed E-state index contributed by atoms with van der Waals surface area (Å²) in [6, 6.07) is 0. The molecule has 1 fully saturated rings. The van der Waals surface area contributed by atoms with Crippen LogP contribution in [0.5, 0.6) is 0 Å². The molecule has 0 aliphatic carbocycles. The van der Waals surface area contributed by atoms with E-state index in [9.17, 15) is 15.3 Å². The zero-order valence-corrected chi connectivity index (χ0v) is 6.70. The van der Waals surface area contributed by atoms with Gasteiger partial charge in [0.05, 0.1) is 10.7 Å². The van der Waals surface area contributed by atoms with Gasteiger partial charge in [-0.15, -0.1) is 0 Å². The smallest absolute Gasteiger partial charge is 0.186 e. The molecule has 4 N–H and O–H groups in total. The Hall–Kier alpha value is -0.240. The molecule has 0 amide bonds. The molecule has 6 heteroatoms. The van der Waals surface area contributed by atoms with E-state index in [4.69, 9.17) is 14.0 Å². The largest absolute Gasteiger partial charge is 0.394 e. The third-order valence-electron chi connectivity index (χ3n) is 1.96. The number of aliphatic hydroxyl groups excluding tert-OH is 4. The summed E-state index contributed by atoms with van der Waals surface area (Å²) in [5.41, 5.74) is 0. The van der Waals surface area contributed by atoms with Crippen LogP contribution in [0.15, 0.2) is 0 Å². The van der Waals surface area contributed by atoms with Crippen molar-refractivity contribution in [1.29, 1.82) is 0 Å². The van der Waals surface area contributed by atoms with E-state index in [-0.39, 0.29) is 0 Å². The predicted octanol–water partition coefficient (Wildman–Crippen LogP) is -2.57. The van der Waals surface area contributed by atoms with Gasteiger partial charge >= 0.3 is 0 Å². The Labute approximate surface area is 79.5 Å². The van der Waals surface area contributed by atoms with Gasteiger partial charge in [0.2, 0.25) is 0 Å². The van der Waals surface area contributed by atoms with Crippen molar-refractivity contribution < 1.29 is 34.0 Å². The van der Waals surface area contributed by atoms with Gasteiger partial charge in [-0.25, -0.2) is 0 Å². The van der Waals surface area contributed by atoms with Crippen LogP contribution in [-0.4, -0.2) is 64.8 Å². The van der Waals surface area contributed by atoms with E-state index in [1.54, 1.807) is 0 Å². The molecule has 0 bridgehead atoms. The molecular weight excluding hydrogens is 180 g/mol. The summed E-state index contributed by atoms with van der Waals surface area (Å²) in [5, 5.41) is 36.9. The number of methoxy groups -OCH3 is 1. The van der Waals surface area contributed by atoms with Crippen molar-refractivity contribution >= 4 is 0 Å². The van der Waals surface area contributed by atoms with E-state index < -0.39 is 44.4 Å². The Kier molecular flexibility index (Phi) is 2.36. The fraction of sp³-hybridized carbons (Fsp3) is 1.00. The Bertz CT molecular complexity index is 233. The first kappa shape index (κ1) is 7.10. The average molecular weight is 197 g/mol. The van der Waals surface area contributed by atoms with E-state index >= 15 is 0 Å². The molecule has 0 aromatic rings. The molecule has 13 heavy (non-hydrogen) atoms. The zero-order chi connectivity index (χ0) is 12.5. The molecule has 0 aromatic heterocycles. The van der Waals surface area contributed by atoms with Gasteiger partial charge in [0.15, 0.2) is 6.29 Å². The van der Waals surface area contributed by atoms with Crippen LogP contribution < -0.4 is 0 Å². The molecule has 1 unspecified atom stereocenters. The lowest BCUT2D eigenvalue weighted by molar-refractivity contribution is -0.294. The van der Waals surface area contributed by atoms with Gasteiger partial charge < -0.3 is 29.9 Å². The van der Waals surface area contributed by atoms with Crippen molar-refractivity contribution in [3.63, 3.8) is 0 Å². The number of ether oxygens (including phenoxy) is 2. The first-order chi connectivity index (χ1) is 7.26. The van der Waals surface area contributed by atoms with Crippen molar-refractivity contribution in [2.45, 2.75) is 30.7 Å². The van der Waals surface area contributed by atoms with E-state index in [0.717, 1.165) is 0 Å². The highest BCUT2D eigenvalue weighted by atomic mass is 16.7. The second-order valence-electron chi connectivity index (χ2n) is 2.82. The summed E-state index contributed by atoms with van der Waals surface area (Å²) in [6.07, 6.45) is -7.67. The van der Waals surface area contributed by atoms with Crippen molar-refractivity contribution in [3.8, 4) is 0 Å².